The van der Waals surface area contributed by atoms with Gasteiger partial charge in [0.1, 0.15) is 0 Å². The summed E-state index contributed by atoms with van der Waals surface area (Å²) in [7, 11) is 0. The Hall–Kier alpha value is -0.713. The molecule has 0 aromatic heterocycles. The molecule has 0 fully saturated rings. The Kier molecular flexibility index (Phi) is 15.9. The SMILES string of the molecule is CC(C)CCOc1cc[c-]c(CC[C-]=O)c1.C[CH-]C.[Li+]. The minimum absolute atomic E-state index is 0. The molecule has 0 saturated heterocycles. The molecule has 0 atom stereocenters. The third-order valence-corrected chi connectivity index (χ3v) is 2.29. The van der Waals surface area contributed by atoms with Crippen LogP contribution in [0.2, 0.25) is 0 Å². The monoisotopic (exact) mass is 268 g/mol. The molecule has 0 N–H and O–H groups in total. The van der Waals surface area contributed by atoms with Crippen molar-refractivity contribution in [3.63, 3.8) is 0 Å². The van der Waals surface area contributed by atoms with Gasteiger partial charge in [-0.1, -0.05) is 20.3 Å². The van der Waals surface area contributed by atoms with Crippen LogP contribution in [0, 0.1) is 18.4 Å². The minimum Gasteiger partial charge on any atom is -0.542 e. The van der Waals surface area contributed by atoms with E-state index in [2.05, 4.69) is 19.9 Å². The van der Waals surface area contributed by atoms with Crippen LogP contribution in [0.4, 0.5) is 0 Å². The first-order chi connectivity index (χ1) is 9.13. The van der Waals surface area contributed by atoms with Crippen LogP contribution in [-0.2, 0) is 11.2 Å². The molecular weight excluding hydrogens is 243 g/mol. The van der Waals surface area contributed by atoms with Crippen molar-refractivity contribution in [2.45, 2.75) is 47.0 Å². The van der Waals surface area contributed by atoms with Crippen LogP contribution in [0.3, 0.4) is 0 Å². The maximum atomic E-state index is 10.1. The van der Waals surface area contributed by atoms with Crippen LogP contribution in [0.25, 0.3) is 0 Å². The standard InChI is InChI=1S/C14H18O2.C3H7.Li/c1-12(2)8-10-16-14-7-3-5-13(11-14)6-4-9-15;1-3-2;/h3,7,11-12H,4,6,8,10H2,1-2H3;3H,1-2H3;/q-2;-1;+1. The second kappa shape index (κ2) is 14.7. The van der Waals surface area contributed by atoms with E-state index >= 15 is 0 Å². The molecule has 0 radical (unpaired) electrons. The van der Waals surface area contributed by atoms with Gasteiger partial charge in [-0.3, -0.25) is 6.29 Å². The van der Waals surface area contributed by atoms with E-state index in [4.69, 9.17) is 4.74 Å². The molecule has 108 valence electrons. The topological polar surface area (TPSA) is 26.3 Å². The molecule has 0 aliphatic carbocycles. The van der Waals surface area contributed by atoms with Crippen molar-refractivity contribution >= 4 is 6.29 Å². The second-order valence-electron chi connectivity index (χ2n) is 4.80. The van der Waals surface area contributed by atoms with Crippen molar-refractivity contribution in [3.05, 3.63) is 36.2 Å². The second-order valence-corrected chi connectivity index (χ2v) is 4.80. The average molecular weight is 268 g/mol. The smallest absolute Gasteiger partial charge is 0.542 e. The summed E-state index contributed by atoms with van der Waals surface area (Å²) in [5.41, 5.74) is 1.00. The minimum atomic E-state index is 0. The number of aryl methyl sites for hydroxylation is 1. The first-order valence-corrected chi connectivity index (χ1v) is 6.86. The Balaban J connectivity index is 0. The van der Waals surface area contributed by atoms with Gasteiger partial charge in [0.2, 0.25) is 0 Å². The largest absolute Gasteiger partial charge is 1.00 e. The third kappa shape index (κ3) is 12.3. The molecule has 0 amide bonds. The average Bonchev–Trinajstić information content (AvgIpc) is 2.37. The zero-order valence-corrected chi connectivity index (χ0v) is 13.5. The molecular formula is C17H25LiO2-2. The van der Waals surface area contributed by atoms with Gasteiger partial charge in [-0.15, -0.1) is 12.1 Å². The van der Waals surface area contributed by atoms with Crippen LogP contribution in [0.1, 0.15) is 46.1 Å². The fourth-order valence-electron chi connectivity index (χ4n) is 1.32. The molecule has 0 aliphatic heterocycles. The molecule has 0 spiro atoms. The van der Waals surface area contributed by atoms with Crippen molar-refractivity contribution in [2.24, 2.45) is 5.92 Å². The van der Waals surface area contributed by atoms with Crippen molar-refractivity contribution in [1.82, 2.24) is 0 Å². The number of hydrogen-bond acceptors (Lipinski definition) is 2. The zero-order chi connectivity index (χ0) is 14.5. The van der Waals surface area contributed by atoms with Crippen LogP contribution in [0.5, 0.6) is 5.75 Å². The summed E-state index contributed by atoms with van der Waals surface area (Å²) in [6.07, 6.45) is 6.04. The van der Waals surface area contributed by atoms with Crippen molar-refractivity contribution in [2.75, 3.05) is 6.61 Å². The van der Waals surface area contributed by atoms with E-state index in [-0.39, 0.29) is 18.9 Å². The zero-order valence-electron chi connectivity index (χ0n) is 13.5. The molecule has 3 heteroatoms. The van der Waals surface area contributed by atoms with Crippen molar-refractivity contribution in [3.8, 4) is 5.75 Å². The molecule has 2 nitrogen and oxygen atoms in total. The van der Waals surface area contributed by atoms with E-state index in [9.17, 15) is 4.79 Å². The first kappa shape index (κ1) is 21.6. The van der Waals surface area contributed by atoms with Gasteiger partial charge in [-0.05, 0) is 12.3 Å². The van der Waals surface area contributed by atoms with Gasteiger partial charge in [0.25, 0.3) is 0 Å². The van der Waals surface area contributed by atoms with Crippen molar-refractivity contribution in [1.29, 1.82) is 0 Å². The predicted octanol–water partition coefficient (Wildman–Crippen LogP) is 1.19. The summed E-state index contributed by atoms with van der Waals surface area (Å²) >= 11 is 0. The molecule has 0 bridgehead atoms. The van der Waals surface area contributed by atoms with Gasteiger partial charge in [0.15, 0.2) is 0 Å². The van der Waals surface area contributed by atoms with Gasteiger partial charge in [0.05, 0.1) is 6.61 Å². The van der Waals surface area contributed by atoms with Crippen molar-refractivity contribution < 1.29 is 28.4 Å². The maximum absolute atomic E-state index is 10.1. The summed E-state index contributed by atoms with van der Waals surface area (Å²) in [6, 6.07) is 8.76. The van der Waals surface area contributed by atoms with E-state index in [0.717, 1.165) is 24.3 Å². The molecule has 1 aromatic rings. The summed E-state index contributed by atoms with van der Waals surface area (Å²) in [5.74, 6) is 1.51. The van der Waals surface area contributed by atoms with E-state index in [0.29, 0.717) is 18.8 Å². The molecule has 0 aliphatic rings. The Morgan fingerprint density at radius 3 is 2.60 bits per heavy atom. The molecule has 0 heterocycles. The Labute approximate surface area is 136 Å². The number of hydrogen-bond donors (Lipinski definition) is 0. The summed E-state index contributed by atoms with van der Waals surface area (Å²) in [6.45, 7) is 9.09. The molecule has 1 aromatic carbocycles. The molecule has 20 heavy (non-hydrogen) atoms. The molecule has 1 rings (SSSR count). The number of benzene rings is 1. The normalized spacial score (nSPS) is 9.25. The van der Waals surface area contributed by atoms with E-state index in [1.165, 1.54) is 0 Å². The van der Waals surface area contributed by atoms with Gasteiger partial charge in [0, 0.05) is 5.75 Å². The Morgan fingerprint density at radius 2 is 2.05 bits per heavy atom. The molecule has 0 unspecified atom stereocenters. The first-order valence-electron chi connectivity index (χ1n) is 6.86. The summed E-state index contributed by atoms with van der Waals surface area (Å²) in [4.78, 5) is 10.1. The van der Waals surface area contributed by atoms with Crippen LogP contribution < -0.4 is 23.6 Å². The summed E-state index contributed by atoms with van der Waals surface area (Å²) < 4.78 is 5.62. The number of ether oxygens (including phenoxy) is 1. The van der Waals surface area contributed by atoms with E-state index in [1.54, 1.807) is 0 Å². The van der Waals surface area contributed by atoms with Gasteiger partial charge >= 0.3 is 18.9 Å². The maximum Gasteiger partial charge on any atom is 1.00 e. The predicted molar refractivity (Wildman–Crippen MR) is 79.9 cm³/mol. The van der Waals surface area contributed by atoms with Crippen LogP contribution in [0.15, 0.2) is 18.2 Å². The quantitative estimate of drug-likeness (QED) is 0.548. The van der Waals surface area contributed by atoms with Gasteiger partial charge in [-0.25, -0.2) is 0 Å². The van der Waals surface area contributed by atoms with Crippen LogP contribution in [-0.4, -0.2) is 12.9 Å². The van der Waals surface area contributed by atoms with Crippen LogP contribution >= 0.6 is 0 Å². The third-order valence-electron chi connectivity index (χ3n) is 2.29. The number of rotatable bonds is 7. The fourth-order valence-corrected chi connectivity index (χ4v) is 1.32. The summed E-state index contributed by atoms with van der Waals surface area (Å²) in [5, 5.41) is 0. The number of carbonyl (C=O) groups excluding carboxylic acids is 1. The Bertz CT molecular complexity index is 338. The van der Waals surface area contributed by atoms with E-state index in [1.807, 2.05) is 44.8 Å². The fraction of sp³-hybridized carbons (Fsp3) is 0.529. The Morgan fingerprint density at radius 1 is 1.40 bits per heavy atom. The van der Waals surface area contributed by atoms with Gasteiger partial charge < -0.3 is 16.0 Å². The van der Waals surface area contributed by atoms with Gasteiger partial charge in [-0.2, -0.15) is 38.0 Å². The molecule has 0 saturated carbocycles. The van der Waals surface area contributed by atoms with E-state index < -0.39 is 0 Å².